The van der Waals surface area contributed by atoms with Crippen molar-refractivity contribution < 1.29 is 4.39 Å². The number of hydrogen-bond acceptors (Lipinski definition) is 2. The minimum atomic E-state index is -0.173. The first kappa shape index (κ1) is 14.4. The summed E-state index contributed by atoms with van der Waals surface area (Å²) in [5.74, 6) is 0.428. The largest absolute Gasteiger partial charge is 0.361 e. The van der Waals surface area contributed by atoms with E-state index in [1.165, 1.54) is 30.2 Å². The SMILES string of the molecule is CS.Fc1ccc2c(C3CCCNCC3)c[nH]c2c1. The molecule has 0 saturated carbocycles. The lowest BCUT2D eigenvalue weighted by atomic mass is 9.92. The summed E-state index contributed by atoms with van der Waals surface area (Å²) in [5.41, 5.74) is 2.26. The quantitative estimate of drug-likeness (QED) is 0.683. The van der Waals surface area contributed by atoms with Gasteiger partial charge in [0.2, 0.25) is 0 Å². The lowest BCUT2D eigenvalue weighted by Crippen LogP contribution is -2.13. The van der Waals surface area contributed by atoms with Crippen LogP contribution in [0.15, 0.2) is 24.4 Å². The number of fused-ring (bicyclic) bond motifs is 1. The number of hydrogen-bond donors (Lipinski definition) is 3. The average Bonchev–Trinajstić information content (AvgIpc) is 2.67. The van der Waals surface area contributed by atoms with E-state index in [9.17, 15) is 4.39 Å². The number of halogens is 1. The predicted molar refractivity (Wildman–Crippen MR) is 82.6 cm³/mol. The van der Waals surface area contributed by atoms with Crippen molar-refractivity contribution in [3.05, 3.63) is 35.8 Å². The highest BCUT2D eigenvalue weighted by molar-refractivity contribution is 7.79. The van der Waals surface area contributed by atoms with E-state index >= 15 is 0 Å². The van der Waals surface area contributed by atoms with Crippen LogP contribution >= 0.6 is 12.6 Å². The van der Waals surface area contributed by atoms with Gasteiger partial charge in [0.25, 0.3) is 0 Å². The molecule has 1 aliphatic rings. The molecule has 1 aromatic heterocycles. The zero-order valence-electron chi connectivity index (χ0n) is 11.2. The molecule has 104 valence electrons. The summed E-state index contributed by atoms with van der Waals surface area (Å²) in [6, 6.07) is 5.03. The van der Waals surface area contributed by atoms with Crippen LogP contribution in [0.5, 0.6) is 0 Å². The molecule has 2 N–H and O–H groups in total. The Balaban J connectivity index is 0.000000637. The maximum absolute atomic E-state index is 13.1. The summed E-state index contributed by atoms with van der Waals surface area (Å²) < 4.78 is 13.1. The highest BCUT2D eigenvalue weighted by atomic mass is 32.1. The van der Waals surface area contributed by atoms with Crippen molar-refractivity contribution >= 4 is 23.5 Å². The fourth-order valence-electron chi connectivity index (χ4n) is 2.79. The molecular formula is C15H21FN2S. The second-order valence-electron chi connectivity index (χ2n) is 4.81. The zero-order chi connectivity index (χ0) is 13.7. The van der Waals surface area contributed by atoms with E-state index < -0.39 is 0 Å². The normalized spacial score (nSPS) is 19.6. The number of H-pyrrole nitrogens is 1. The van der Waals surface area contributed by atoms with Crippen LogP contribution in [0.2, 0.25) is 0 Å². The fraction of sp³-hybridized carbons (Fsp3) is 0.467. The van der Waals surface area contributed by atoms with E-state index in [0.717, 1.165) is 18.6 Å². The van der Waals surface area contributed by atoms with Gasteiger partial charge in [0.1, 0.15) is 5.82 Å². The van der Waals surface area contributed by atoms with E-state index in [-0.39, 0.29) is 5.82 Å². The second kappa shape index (κ2) is 6.96. The van der Waals surface area contributed by atoms with Crippen molar-refractivity contribution in [2.24, 2.45) is 0 Å². The summed E-state index contributed by atoms with van der Waals surface area (Å²) in [7, 11) is 0. The lowest BCUT2D eigenvalue weighted by Gasteiger charge is -2.12. The predicted octanol–water partition coefficient (Wildman–Crippen LogP) is 3.71. The van der Waals surface area contributed by atoms with Gasteiger partial charge in [-0.15, -0.1) is 0 Å². The summed E-state index contributed by atoms with van der Waals surface area (Å²) in [6.45, 7) is 2.20. The second-order valence-corrected chi connectivity index (χ2v) is 4.81. The topological polar surface area (TPSA) is 27.8 Å². The number of thiol groups is 1. The standard InChI is InChI=1S/C14H17FN2.CH4S/c15-11-3-4-12-13(9-17-14(12)8-11)10-2-1-6-16-7-5-10;1-2/h3-4,8-10,16-17H,1-2,5-7H2;2H,1H3. The van der Waals surface area contributed by atoms with E-state index in [2.05, 4.69) is 29.1 Å². The number of nitrogens with one attached hydrogen (secondary N) is 2. The van der Waals surface area contributed by atoms with Crippen molar-refractivity contribution in [3.63, 3.8) is 0 Å². The number of rotatable bonds is 1. The minimum absolute atomic E-state index is 0.173. The molecule has 0 radical (unpaired) electrons. The Kier molecular flexibility index (Phi) is 5.28. The molecule has 0 bridgehead atoms. The summed E-state index contributed by atoms with van der Waals surface area (Å²) in [6.07, 6.45) is 7.36. The number of aromatic amines is 1. The molecule has 1 saturated heterocycles. The fourth-order valence-corrected chi connectivity index (χ4v) is 2.79. The number of aromatic nitrogens is 1. The van der Waals surface area contributed by atoms with Crippen LogP contribution < -0.4 is 5.32 Å². The molecular weight excluding hydrogens is 259 g/mol. The third-order valence-corrected chi connectivity index (χ3v) is 3.69. The van der Waals surface area contributed by atoms with Crippen molar-refractivity contribution in [2.75, 3.05) is 19.3 Å². The first-order chi connectivity index (χ1) is 9.34. The van der Waals surface area contributed by atoms with E-state index in [0.29, 0.717) is 5.92 Å². The highest BCUT2D eigenvalue weighted by Crippen LogP contribution is 2.32. The molecule has 0 aliphatic carbocycles. The van der Waals surface area contributed by atoms with Crippen LogP contribution in [0, 0.1) is 5.82 Å². The van der Waals surface area contributed by atoms with Crippen molar-refractivity contribution in [1.82, 2.24) is 10.3 Å². The van der Waals surface area contributed by atoms with Crippen LogP contribution in [-0.2, 0) is 0 Å². The van der Waals surface area contributed by atoms with Crippen LogP contribution in [0.1, 0.15) is 30.7 Å². The molecule has 0 spiro atoms. The minimum Gasteiger partial charge on any atom is -0.361 e. The summed E-state index contributed by atoms with van der Waals surface area (Å²) in [4.78, 5) is 3.19. The Bertz CT molecular complexity index is 516. The van der Waals surface area contributed by atoms with Crippen LogP contribution in [0.3, 0.4) is 0 Å². The van der Waals surface area contributed by atoms with Crippen LogP contribution in [0.25, 0.3) is 10.9 Å². The zero-order valence-corrected chi connectivity index (χ0v) is 12.1. The molecule has 1 fully saturated rings. The van der Waals surface area contributed by atoms with Gasteiger partial charge in [-0.3, -0.25) is 0 Å². The molecule has 2 aromatic rings. The maximum Gasteiger partial charge on any atom is 0.125 e. The molecule has 1 aromatic carbocycles. The van der Waals surface area contributed by atoms with Crippen molar-refractivity contribution in [2.45, 2.75) is 25.2 Å². The van der Waals surface area contributed by atoms with Gasteiger partial charge in [-0.25, -0.2) is 4.39 Å². The van der Waals surface area contributed by atoms with Gasteiger partial charge in [0, 0.05) is 17.1 Å². The van der Waals surface area contributed by atoms with Crippen molar-refractivity contribution in [3.8, 4) is 0 Å². The summed E-state index contributed by atoms with van der Waals surface area (Å²) >= 11 is 3.53. The van der Waals surface area contributed by atoms with Crippen LogP contribution in [0.4, 0.5) is 4.39 Å². The molecule has 3 rings (SSSR count). The molecule has 1 atom stereocenters. The Morgan fingerprint density at radius 2 is 2.05 bits per heavy atom. The third-order valence-electron chi connectivity index (χ3n) is 3.69. The van der Waals surface area contributed by atoms with Crippen LogP contribution in [-0.4, -0.2) is 24.3 Å². The third kappa shape index (κ3) is 3.31. The van der Waals surface area contributed by atoms with E-state index in [4.69, 9.17) is 0 Å². The van der Waals surface area contributed by atoms with Gasteiger partial charge in [-0.1, -0.05) is 0 Å². The Morgan fingerprint density at radius 3 is 2.89 bits per heavy atom. The highest BCUT2D eigenvalue weighted by Gasteiger charge is 2.17. The van der Waals surface area contributed by atoms with Gasteiger partial charge in [-0.05, 0) is 68.3 Å². The molecule has 2 nitrogen and oxygen atoms in total. The first-order valence-corrected chi connectivity index (χ1v) is 7.66. The Hall–Kier alpha value is -1.00. The number of benzene rings is 1. The van der Waals surface area contributed by atoms with Gasteiger partial charge in [-0.2, -0.15) is 12.6 Å². The monoisotopic (exact) mass is 280 g/mol. The Morgan fingerprint density at radius 1 is 1.21 bits per heavy atom. The molecule has 19 heavy (non-hydrogen) atoms. The Labute approximate surface area is 119 Å². The van der Waals surface area contributed by atoms with Gasteiger partial charge < -0.3 is 10.3 Å². The molecule has 0 amide bonds. The maximum atomic E-state index is 13.1. The van der Waals surface area contributed by atoms with Gasteiger partial charge in [0.15, 0.2) is 0 Å². The molecule has 4 heteroatoms. The smallest absolute Gasteiger partial charge is 0.125 e. The molecule has 1 unspecified atom stereocenters. The molecule has 1 aliphatic heterocycles. The lowest BCUT2D eigenvalue weighted by molar-refractivity contribution is 0.613. The molecule has 2 heterocycles. The van der Waals surface area contributed by atoms with Crippen molar-refractivity contribution in [1.29, 1.82) is 0 Å². The summed E-state index contributed by atoms with van der Waals surface area (Å²) in [5, 5.41) is 4.61. The van der Waals surface area contributed by atoms with E-state index in [1.807, 2.05) is 6.07 Å². The first-order valence-electron chi connectivity index (χ1n) is 6.76. The average molecular weight is 280 g/mol. The van der Waals surface area contributed by atoms with Gasteiger partial charge in [0.05, 0.1) is 0 Å². The van der Waals surface area contributed by atoms with Gasteiger partial charge >= 0.3 is 0 Å². The van der Waals surface area contributed by atoms with E-state index in [1.54, 1.807) is 18.4 Å².